The summed E-state index contributed by atoms with van der Waals surface area (Å²) < 4.78 is 2.18. The third-order valence-corrected chi connectivity index (χ3v) is 3.25. The fourth-order valence-corrected chi connectivity index (χ4v) is 2.43. The van der Waals surface area contributed by atoms with Gasteiger partial charge >= 0.3 is 0 Å². The van der Waals surface area contributed by atoms with Crippen LogP contribution in [-0.2, 0) is 25.8 Å². The highest BCUT2D eigenvalue weighted by molar-refractivity contribution is 5.29. The van der Waals surface area contributed by atoms with Gasteiger partial charge in [0.2, 0.25) is 0 Å². The SMILES string of the molecule is CCCn1nc(CC)c(Cc2ncc[nH]2)c1CC. The van der Waals surface area contributed by atoms with Crippen molar-refractivity contribution in [3.8, 4) is 0 Å². The molecule has 98 valence electrons. The van der Waals surface area contributed by atoms with Crippen molar-refractivity contribution in [2.24, 2.45) is 0 Å². The monoisotopic (exact) mass is 246 g/mol. The molecule has 0 radical (unpaired) electrons. The maximum atomic E-state index is 4.74. The van der Waals surface area contributed by atoms with Gasteiger partial charge in [0.25, 0.3) is 0 Å². The number of hydrogen-bond donors (Lipinski definition) is 1. The first kappa shape index (κ1) is 12.9. The fourth-order valence-electron chi connectivity index (χ4n) is 2.43. The number of aryl methyl sites for hydroxylation is 2. The van der Waals surface area contributed by atoms with E-state index in [1.54, 1.807) is 0 Å². The second-order valence-corrected chi connectivity index (χ2v) is 4.51. The molecule has 0 atom stereocenters. The first-order valence-corrected chi connectivity index (χ1v) is 6.85. The van der Waals surface area contributed by atoms with Crippen LogP contribution in [0.5, 0.6) is 0 Å². The van der Waals surface area contributed by atoms with Crippen molar-refractivity contribution in [2.75, 3.05) is 0 Å². The van der Waals surface area contributed by atoms with Gasteiger partial charge in [0, 0.05) is 36.6 Å². The molecule has 0 aliphatic rings. The number of rotatable bonds is 6. The number of aromatic amines is 1. The number of H-pyrrole nitrogens is 1. The topological polar surface area (TPSA) is 46.5 Å². The molecule has 4 heteroatoms. The predicted molar refractivity (Wildman–Crippen MR) is 72.7 cm³/mol. The molecule has 4 nitrogen and oxygen atoms in total. The Hall–Kier alpha value is -1.58. The Morgan fingerprint density at radius 1 is 1.22 bits per heavy atom. The molecule has 0 aromatic carbocycles. The van der Waals surface area contributed by atoms with Crippen LogP contribution in [0.15, 0.2) is 12.4 Å². The lowest BCUT2D eigenvalue weighted by Gasteiger charge is -2.05. The zero-order chi connectivity index (χ0) is 13.0. The van der Waals surface area contributed by atoms with Crippen LogP contribution in [0.25, 0.3) is 0 Å². The van der Waals surface area contributed by atoms with Crippen LogP contribution < -0.4 is 0 Å². The molecule has 0 fully saturated rings. The Kier molecular flexibility index (Phi) is 4.18. The molecule has 0 unspecified atom stereocenters. The summed E-state index contributed by atoms with van der Waals surface area (Å²) in [5.74, 6) is 1.02. The second-order valence-electron chi connectivity index (χ2n) is 4.51. The van der Waals surface area contributed by atoms with Gasteiger partial charge in [-0.2, -0.15) is 5.10 Å². The molecule has 18 heavy (non-hydrogen) atoms. The van der Waals surface area contributed by atoms with Crippen molar-refractivity contribution in [1.82, 2.24) is 19.7 Å². The molecular formula is C14H22N4. The molecule has 0 aliphatic heterocycles. The molecule has 0 spiro atoms. The van der Waals surface area contributed by atoms with Crippen LogP contribution in [0.3, 0.4) is 0 Å². The highest BCUT2D eigenvalue weighted by Crippen LogP contribution is 2.19. The van der Waals surface area contributed by atoms with E-state index in [1.807, 2.05) is 12.4 Å². The quantitative estimate of drug-likeness (QED) is 0.852. The van der Waals surface area contributed by atoms with Crippen molar-refractivity contribution < 1.29 is 0 Å². The lowest BCUT2D eigenvalue weighted by Crippen LogP contribution is -2.05. The summed E-state index contributed by atoms with van der Waals surface area (Å²) in [6.45, 7) is 7.57. The third kappa shape index (κ3) is 2.47. The Labute approximate surface area is 108 Å². The van der Waals surface area contributed by atoms with E-state index in [0.717, 1.165) is 38.1 Å². The van der Waals surface area contributed by atoms with Gasteiger partial charge in [0.05, 0.1) is 5.69 Å². The van der Waals surface area contributed by atoms with E-state index < -0.39 is 0 Å². The summed E-state index contributed by atoms with van der Waals surface area (Å²) >= 11 is 0. The van der Waals surface area contributed by atoms with Gasteiger partial charge in [-0.1, -0.05) is 20.8 Å². The van der Waals surface area contributed by atoms with Gasteiger partial charge in [-0.3, -0.25) is 4.68 Å². The number of aromatic nitrogens is 4. The first-order valence-electron chi connectivity index (χ1n) is 6.85. The lowest BCUT2D eigenvalue weighted by molar-refractivity contribution is 0.570. The van der Waals surface area contributed by atoms with Crippen molar-refractivity contribution >= 4 is 0 Å². The summed E-state index contributed by atoms with van der Waals surface area (Å²) in [5, 5.41) is 4.74. The van der Waals surface area contributed by atoms with Crippen LogP contribution in [-0.4, -0.2) is 19.7 Å². The lowest BCUT2D eigenvalue weighted by atomic mass is 10.1. The van der Waals surface area contributed by atoms with Crippen molar-refractivity contribution in [1.29, 1.82) is 0 Å². The van der Waals surface area contributed by atoms with Crippen LogP contribution >= 0.6 is 0 Å². The van der Waals surface area contributed by atoms with E-state index in [4.69, 9.17) is 5.10 Å². The smallest absolute Gasteiger partial charge is 0.110 e. The second kappa shape index (κ2) is 5.85. The third-order valence-electron chi connectivity index (χ3n) is 3.25. The highest BCUT2D eigenvalue weighted by Gasteiger charge is 2.16. The predicted octanol–water partition coefficient (Wildman–Crippen LogP) is 2.73. The van der Waals surface area contributed by atoms with Gasteiger partial charge in [0.1, 0.15) is 5.82 Å². The largest absolute Gasteiger partial charge is 0.348 e. The zero-order valence-corrected chi connectivity index (χ0v) is 11.5. The van der Waals surface area contributed by atoms with E-state index in [1.165, 1.54) is 17.0 Å². The number of hydrogen-bond acceptors (Lipinski definition) is 2. The zero-order valence-electron chi connectivity index (χ0n) is 11.5. The summed E-state index contributed by atoms with van der Waals surface area (Å²) in [6, 6.07) is 0. The summed E-state index contributed by atoms with van der Waals surface area (Å²) in [4.78, 5) is 7.51. The van der Waals surface area contributed by atoms with Crippen molar-refractivity contribution in [3.63, 3.8) is 0 Å². The minimum Gasteiger partial charge on any atom is -0.348 e. The van der Waals surface area contributed by atoms with Gasteiger partial charge < -0.3 is 4.98 Å². The molecule has 2 aromatic rings. The molecule has 0 aliphatic carbocycles. The molecule has 1 N–H and O–H groups in total. The van der Waals surface area contributed by atoms with Crippen LogP contribution in [0.2, 0.25) is 0 Å². The van der Waals surface area contributed by atoms with E-state index in [-0.39, 0.29) is 0 Å². The number of nitrogens with zero attached hydrogens (tertiary/aromatic N) is 3. The van der Waals surface area contributed by atoms with E-state index in [2.05, 4.69) is 35.4 Å². The van der Waals surface area contributed by atoms with Crippen LogP contribution in [0, 0.1) is 0 Å². The number of imidazole rings is 1. The molecule has 0 saturated heterocycles. The van der Waals surface area contributed by atoms with Gasteiger partial charge in [-0.25, -0.2) is 4.98 Å². The van der Waals surface area contributed by atoms with Crippen LogP contribution in [0.4, 0.5) is 0 Å². The molecule has 2 rings (SSSR count). The molecule has 0 saturated carbocycles. The summed E-state index contributed by atoms with van der Waals surface area (Å²) in [7, 11) is 0. The normalized spacial score (nSPS) is 11.1. The summed E-state index contributed by atoms with van der Waals surface area (Å²) in [6.07, 6.45) is 7.69. The van der Waals surface area contributed by atoms with E-state index in [9.17, 15) is 0 Å². The summed E-state index contributed by atoms with van der Waals surface area (Å²) in [5.41, 5.74) is 3.95. The first-order chi connectivity index (χ1) is 8.80. The maximum Gasteiger partial charge on any atom is 0.110 e. The number of nitrogens with one attached hydrogen (secondary N) is 1. The maximum absolute atomic E-state index is 4.74. The Bertz CT molecular complexity index is 482. The Morgan fingerprint density at radius 2 is 2.06 bits per heavy atom. The molecule has 0 bridgehead atoms. The Morgan fingerprint density at radius 3 is 2.61 bits per heavy atom. The van der Waals surface area contributed by atoms with E-state index in [0.29, 0.717) is 0 Å². The van der Waals surface area contributed by atoms with Gasteiger partial charge in [-0.05, 0) is 19.3 Å². The molecular weight excluding hydrogens is 224 g/mol. The standard InChI is InChI=1S/C14H22N4/c1-4-9-18-13(6-3)11(12(5-2)17-18)10-14-15-7-8-16-14/h7-8H,4-6,9-10H2,1-3H3,(H,15,16). The van der Waals surface area contributed by atoms with Crippen molar-refractivity contribution in [2.45, 2.75) is 53.0 Å². The minimum absolute atomic E-state index is 0.864. The van der Waals surface area contributed by atoms with Crippen molar-refractivity contribution in [3.05, 3.63) is 35.2 Å². The average Bonchev–Trinajstić information content (AvgIpc) is 2.98. The van der Waals surface area contributed by atoms with Gasteiger partial charge in [0.15, 0.2) is 0 Å². The Balaban J connectivity index is 2.36. The fraction of sp³-hybridized carbons (Fsp3) is 0.571. The highest BCUT2D eigenvalue weighted by atomic mass is 15.3. The average molecular weight is 246 g/mol. The minimum atomic E-state index is 0.864. The molecule has 0 amide bonds. The van der Waals surface area contributed by atoms with Crippen LogP contribution in [0.1, 0.15) is 50.0 Å². The van der Waals surface area contributed by atoms with E-state index >= 15 is 0 Å². The molecule has 2 heterocycles. The molecule has 2 aromatic heterocycles. The van der Waals surface area contributed by atoms with Gasteiger partial charge in [-0.15, -0.1) is 0 Å².